The van der Waals surface area contributed by atoms with Crippen LogP contribution in [0.5, 0.6) is 11.5 Å². The Balaban J connectivity index is 0.000000372. The summed E-state index contributed by atoms with van der Waals surface area (Å²) >= 11 is 6.37. The Bertz CT molecular complexity index is 1360. The van der Waals surface area contributed by atoms with Gasteiger partial charge < -0.3 is 45.6 Å². The van der Waals surface area contributed by atoms with Crippen LogP contribution in [0.2, 0.25) is 5.02 Å². The number of hydrogen-bond acceptors (Lipinski definition) is 7. The molecule has 2 aliphatic rings. The normalized spacial score (nSPS) is 18.3. The summed E-state index contributed by atoms with van der Waals surface area (Å²) in [7, 11) is 5.48. The summed E-state index contributed by atoms with van der Waals surface area (Å²) < 4.78 is 11.5. The number of amides is 4. The van der Waals surface area contributed by atoms with Gasteiger partial charge in [0.05, 0.1) is 10.6 Å². The number of urea groups is 2. The van der Waals surface area contributed by atoms with Gasteiger partial charge in [0.2, 0.25) is 0 Å². The quantitative estimate of drug-likeness (QED) is 0.110. The first-order chi connectivity index (χ1) is 25.5. The predicted molar refractivity (Wildman–Crippen MR) is 215 cm³/mol. The molecule has 298 valence electrons. The molecule has 2 aromatic carbocycles. The third kappa shape index (κ3) is 14.6. The molecule has 0 bridgehead atoms. The van der Waals surface area contributed by atoms with E-state index in [2.05, 4.69) is 35.1 Å². The number of methoxy groups -OCH3 is 1. The second kappa shape index (κ2) is 23.6. The van der Waals surface area contributed by atoms with E-state index in [0.29, 0.717) is 55.1 Å². The zero-order chi connectivity index (χ0) is 38.6. The highest BCUT2D eigenvalue weighted by Gasteiger charge is 2.43. The zero-order valence-corrected chi connectivity index (χ0v) is 33.9. The Morgan fingerprint density at radius 3 is 2.17 bits per heavy atom. The van der Waals surface area contributed by atoms with Crippen LogP contribution in [-0.2, 0) is 10.3 Å². The van der Waals surface area contributed by atoms with Crippen LogP contribution >= 0.6 is 11.6 Å². The molecular weight excluding hydrogens is 692 g/mol. The Morgan fingerprint density at radius 2 is 1.51 bits per heavy atom. The second-order valence-electron chi connectivity index (χ2n) is 15.0. The maximum atomic E-state index is 13.0. The molecule has 0 spiro atoms. The van der Waals surface area contributed by atoms with Gasteiger partial charge >= 0.3 is 12.1 Å². The van der Waals surface area contributed by atoms with Crippen LogP contribution in [0.1, 0.15) is 84.1 Å². The molecular formula is C41H67ClN6O5. The van der Waals surface area contributed by atoms with Gasteiger partial charge in [-0.25, -0.2) is 9.59 Å². The SMILES string of the molecule is CNC[C@H](C)NC(=O)N1CCC[C@@H]([C@@](O)(CCCCOC)c2ccccc2Oc2ccccc2Cl)C1.CNC[C@H](CC(C)C)NC(=O)N1CCCCC1. The van der Waals surface area contributed by atoms with Crippen molar-refractivity contribution in [3.8, 4) is 11.5 Å². The number of benzene rings is 2. The first kappa shape index (κ1) is 44.3. The monoisotopic (exact) mass is 758 g/mol. The number of rotatable bonds is 17. The lowest BCUT2D eigenvalue weighted by molar-refractivity contribution is -0.0574. The fraction of sp³-hybridized carbons (Fsp3) is 0.659. The number of carbonyl (C=O) groups excluding carboxylic acids is 2. The number of likely N-dealkylation sites (N-methyl/N-ethyl adjacent to an activating group) is 2. The Labute approximate surface area is 323 Å². The average Bonchev–Trinajstić information content (AvgIpc) is 3.15. The summed E-state index contributed by atoms with van der Waals surface area (Å²) in [5.74, 6) is 1.57. The predicted octanol–water partition coefficient (Wildman–Crippen LogP) is 6.98. The van der Waals surface area contributed by atoms with E-state index >= 15 is 0 Å². The Morgan fingerprint density at radius 1 is 0.868 bits per heavy atom. The highest BCUT2D eigenvalue weighted by atomic mass is 35.5. The van der Waals surface area contributed by atoms with Crippen LogP contribution in [-0.4, -0.2) is 106 Å². The van der Waals surface area contributed by atoms with E-state index in [4.69, 9.17) is 21.1 Å². The molecule has 0 aromatic heterocycles. The second-order valence-corrected chi connectivity index (χ2v) is 15.4. The number of nitrogens with one attached hydrogen (secondary N) is 4. The van der Waals surface area contributed by atoms with Crippen molar-refractivity contribution in [3.63, 3.8) is 0 Å². The number of unbranched alkanes of at least 4 members (excludes halogenated alkanes) is 1. The van der Waals surface area contributed by atoms with E-state index in [0.717, 1.165) is 70.1 Å². The fourth-order valence-electron chi connectivity index (χ4n) is 7.34. The molecule has 2 heterocycles. The highest BCUT2D eigenvalue weighted by molar-refractivity contribution is 6.32. The smallest absolute Gasteiger partial charge is 0.317 e. The molecule has 0 saturated carbocycles. The number of likely N-dealkylation sites (tertiary alicyclic amines) is 2. The van der Waals surface area contributed by atoms with E-state index in [1.165, 1.54) is 6.42 Å². The fourth-order valence-corrected chi connectivity index (χ4v) is 7.52. The van der Waals surface area contributed by atoms with Crippen molar-refractivity contribution in [2.24, 2.45) is 11.8 Å². The number of hydrogen-bond donors (Lipinski definition) is 5. The molecule has 2 aliphatic heterocycles. The van der Waals surface area contributed by atoms with Gasteiger partial charge in [-0.2, -0.15) is 0 Å². The van der Waals surface area contributed by atoms with E-state index in [-0.39, 0.29) is 30.1 Å². The zero-order valence-electron chi connectivity index (χ0n) is 33.1. The standard InChI is InChI=1S/C28H40ClN3O4.C13H27N3O/c1-21(19-30-2)31-27(33)32-17-10-11-22(20-32)28(34,16-8-9-18-35-3)23-12-4-6-14-25(23)36-26-15-7-5-13-24(26)29;1-11(2)9-12(10-14-3)15-13(17)16-7-5-4-6-8-16/h4-7,12-15,21-22,30,34H,8-11,16-20H2,1-3H3,(H,31,33);11-12,14H,4-10H2,1-3H3,(H,15,17)/t21-,22+,28-;12-/m00/s1. The lowest BCUT2D eigenvalue weighted by Crippen LogP contribution is -2.53. The molecule has 2 saturated heterocycles. The first-order valence-corrected chi connectivity index (χ1v) is 20.0. The Hall–Kier alpha value is -3.09. The number of carbonyl (C=O) groups is 2. The molecule has 4 atom stereocenters. The molecule has 2 fully saturated rings. The van der Waals surface area contributed by atoms with Gasteiger partial charge in [0, 0.05) is 76.6 Å². The maximum absolute atomic E-state index is 13.0. The number of aliphatic hydroxyl groups is 1. The minimum atomic E-state index is -1.18. The van der Waals surface area contributed by atoms with Crippen molar-refractivity contribution in [1.29, 1.82) is 0 Å². The molecule has 0 unspecified atom stereocenters. The van der Waals surface area contributed by atoms with Gasteiger partial charge in [0.1, 0.15) is 11.5 Å². The number of nitrogens with zero attached hydrogens (tertiary/aromatic N) is 2. The molecule has 5 N–H and O–H groups in total. The van der Waals surface area contributed by atoms with Crippen molar-refractivity contribution in [2.75, 3.05) is 67.1 Å². The lowest BCUT2D eigenvalue weighted by Gasteiger charge is -2.43. The molecule has 2 aromatic rings. The van der Waals surface area contributed by atoms with Crippen molar-refractivity contribution in [1.82, 2.24) is 31.1 Å². The minimum absolute atomic E-state index is 0.0144. The van der Waals surface area contributed by atoms with Gasteiger partial charge in [-0.05, 0) is 103 Å². The maximum Gasteiger partial charge on any atom is 0.317 e. The van der Waals surface area contributed by atoms with Crippen LogP contribution in [0, 0.1) is 11.8 Å². The number of piperidine rings is 2. The van der Waals surface area contributed by atoms with Crippen LogP contribution in [0.15, 0.2) is 48.5 Å². The molecule has 4 amide bonds. The Kier molecular flexibility index (Phi) is 19.8. The summed E-state index contributed by atoms with van der Waals surface area (Å²) in [4.78, 5) is 28.8. The van der Waals surface area contributed by atoms with Crippen molar-refractivity contribution < 1.29 is 24.2 Å². The molecule has 4 rings (SSSR count). The van der Waals surface area contributed by atoms with Gasteiger partial charge in [0.15, 0.2) is 0 Å². The first-order valence-electron chi connectivity index (χ1n) is 19.7. The van der Waals surface area contributed by atoms with Crippen LogP contribution < -0.4 is 26.0 Å². The average molecular weight is 759 g/mol. The topological polar surface area (TPSA) is 127 Å². The molecule has 0 radical (unpaired) electrons. The summed E-state index contributed by atoms with van der Waals surface area (Å²) in [6.45, 7) is 11.5. The summed E-state index contributed by atoms with van der Waals surface area (Å²) in [5, 5.41) is 25.3. The summed E-state index contributed by atoms with van der Waals surface area (Å²) in [6.07, 6.45) is 8.38. The third-order valence-corrected chi connectivity index (χ3v) is 10.3. The van der Waals surface area contributed by atoms with Gasteiger partial charge in [-0.3, -0.25) is 0 Å². The van der Waals surface area contributed by atoms with E-state index in [1.807, 2.05) is 73.3 Å². The number of halogens is 1. The van der Waals surface area contributed by atoms with Crippen LogP contribution in [0.4, 0.5) is 9.59 Å². The minimum Gasteiger partial charge on any atom is -0.455 e. The molecule has 12 heteroatoms. The van der Waals surface area contributed by atoms with Gasteiger partial charge in [-0.15, -0.1) is 0 Å². The lowest BCUT2D eigenvalue weighted by atomic mass is 9.73. The largest absolute Gasteiger partial charge is 0.455 e. The molecule has 53 heavy (non-hydrogen) atoms. The van der Waals surface area contributed by atoms with Gasteiger partial charge in [-0.1, -0.05) is 55.8 Å². The van der Waals surface area contributed by atoms with E-state index in [9.17, 15) is 14.7 Å². The van der Waals surface area contributed by atoms with E-state index < -0.39 is 5.60 Å². The number of para-hydroxylation sites is 2. The highest BCUT2D eigenvalue weighted by Crippen LogP contribution is 2.45. The summed E-state index contributed by atoms with van der Waals surface area (Å²) in [5.41, 5.74) is -0.459. The molecule has 11 nitrogen and oxygen atoms in total. The third-order valence-electron chi connectivity index (χ3n) is 10.0. The number of ether oxygens (including phenoxy) is 2. The molecule has 0 aliphatic carbocycles. The van der Waals surface area contributed by atoms with Gasteiger partial charge in [0.25, 0.3) is 0 Å². The van der Waals surface area contributed by atoms with Crippen LogP contribution in [0.3, 0.4) is 0 Å². The van der Waals surface area contributed by atoms with Crippen molar-refractivity contribution >= 4 is 23.7 Å². The van der Waals surface area contributed by atoms with E-state index in [1.54, 1.807) is 13.2 Å². The van der Waals surface area contributed by atoms with Crippen LogP contribution in [0.25, 0.3) is 0 Å². The van der Waals surface area contributed by atoms with Crippen molar-refractivity contribution in [2.45, 2.75) is 96.2 Å². The van der Waals surface area contributed by atoms with Crippen molar-refractivity contribution in [3.05, 3.63) is 59.1 Å². The summed E-state index contributed by atoms with van der Waals surface area (Å²) in [6, 6.07) is 15.2.